The van der Waals surface area contributed by atoms with Gasteiger partial charge in [0.2, 0.25) is 5.82 Å². The van der Waals surface area contributed by atoms with Crippen LogP contribution < -0.4 is 4.74 Å². The number of ether oxygens (including phenoxy) is 2. The molecule has 2 aromatic heterocycles. The molecule has 3 rings (SSSR count). The van der Waals surface area contributed by atoms with Crippen LogP contribution in [0.5, 0.6) is 5.75 Å². The first-order valence-electron chi connectivity index (χ1n) is 7.01. The molecule has 0 fully saturated rings. The van der Waals surface area contributed by atoms with Crippen LogP contribution in [0, 0.1) is 0 Å². The predicted molar refractivity (Wildman–Crippen MR) is 84.3 cm³/mol. The van der Waals surface area contributed by atoms with Gasteiger partial charge in [-0.05, 0) is 42.6 Å². The van der Waals surface area contributed by atoms with Crippen molar-refractivity contribution in [1.29, 1.82) is 0 Å². The van der Waals surface area contributed by atoms with Crippen molar-refractivity contribution < 1.29 is 18.8 Å². The first kappa shape index (κ1) is 15.2. The van der Waals surface area contributed by atoms with Crippen LogP contribution >= 0.6 is 11.3 Å². The van der Waals surface area contributed by atoms with E-state index in [4.69, 9.17) is 14.0 Å². The fraction of sp³-hybridized carbons (Fsp3) is 0.188. The Morgan fingerprint density at radius 2 is 2.09 bits per heavy atom. The number of aromatic nitrogens is 2. The standard InChI is InChI=1S/C16H14N2O4S/c1-2-20-16(19)11-3-5-13(6-4-11)21-9-14-17-15(22-18-14)12-7-8-23-10-12/h3-8,10H,2,9H2,1H3. The average molecular weight is 330 g/mol. The summed E-state index contributed by atoms with van der Waals surface area (Å²) in [6.07, 6.45) is 0. The van der Waals surface area contributed by atoms with Gasteiger partial charge in [0.25, 0.3) is 5.89 Å². The van der Waals surface area contributed by atoms with Crippen LogP contribution in [-0.4, -0.2) is 22.7 Å². The Morgan fingerprint density at radius 1 is 1.26 bits per heavy atom. The summed E-state index contributed by atoms with van der Waals surface area (Å²) in [7, 11) is 0. The van der Waals surface area contributed by atoms with E-state index in [1.165, 1.54) is 0 Å². The van der Waals surface area contributed by atoms with Gasteiger partial charge in [-0.3, -0.25) is 0 Å². The third kappa shape index (κ3) is 3.75. The molecule has 0 saturated carbocycles. The summed E-state index contributed by atoms with van der Waals surface area (Å²) >= 11 is 1.56. The summed E-state index contributed by atoms with van der Waals surface area (Å²) < 4.78 is 15.7. The zero-order valence-corrected chi connectivity index (χ0v) is 13.2. The fourth-order valence-corrected chi connectivity index (χ4v) is 2.50. The monoisotopic (exact) mass is 330 g/mol. The predicted octanol–water partition coefficient (Wildman–Crippen LogP) is 3.55. The maximum absolute atomic E-state index is 11.6. The lowest BCUT2D eigenvalue weighted by Gasteiger charge is -2.05. The topological polar surface area (TPSA) is 74.5 Å². The molecule has 0 saturated heterocycles. The van der Waals surface area contributed by atoms with E-state index in [0.29, 0.717) is 29.6 Å². The van der Waals surface area contributed by atoms with E-state index in [1.54, 1.807) is 42.5 Å². The van der Waals surface area contributed by atoms with Crippen LogP contribution in [0.25, 0.3) is 11.5 Å². The molecule has 23 heavy (non-hydrogen) atoms. The lowest BCUT2D eigenvalue weighted by Crippen LogP contribution is -2.04. The third-order valence-corrected chi connectivity index (χ3v) is 3.65. The molecule has 0 radical (unpaired) electrons. The summed E-state index contributed by atoms with van der Waals surface area (Å²) in [5, 5.41) is 7.76. The molecule has 0 aliphatic rings. The fourth-order valence-electron chi connectivity index (χ4n) is 1.87. The molecule has 1 aromatic carbocycles. The van der Waals surface area contributed by atoms with Crippen molar-refractivity contribution in [3.63, 3.8) is 0 Å². The second-order valence-corrected chi connectivity index (χ2v) is 5.34. The number of thiophene rings is 1. The zero-order valence-electron chi connectivity index (χ0n) is 12.4. The van der Waals surface area contributed by atoms with E-state index >= 15 is 0 Å². The van der Waals surface area contributed by atoms with Crippen LogP contribution in [0.3, 0.4) is 0 Å². The molecule has 6 nitrogen and oxygen atoms in total. The first-order valence-corrected chi connectivity index (χ1v) is 7.95. The largest absolute Gasteiger partial charge is 0.485 e. The summed E-state index contributed by atoms with van der Waals surface area (Å²) in [4.78, 5) is 15.8. The lowest BCUT2D eigenvalue weighted by atomic mass is 10.2. The molecule has 7 heteroatoms. The summed E-state index contributed by atoms with van der Waals surface area (Å²) in [5.74, 6) is 1.20. The lowest BCUT2D eigenvalue weighted by molar-refractivity contribution is 0.0526. The van der Waals surface area contributed by atoms with Gasteiger partial charge >= 0.3 is 5.97 Å². The van der Waals surface area contributed by atoms with E-state index in [1.807, 2.05) is 16.8 Å². The van der Waals surface area contributed by atoms with Gasteiger partial charge in [0.15, 0.2) is 6.61 Å². The summed E-state index contributed by atoms with van der Waals surface area (Å²) in [5.41, 5.74) is 1.38. The van der Waals surface area contributed by atoms with Crippen molar-refractivity contribution in [2.24, 2.45) is 0 Å². The highest BCUT2D eigenvalue weighted by Gasteiger charge is 2.10. The number of hydrogen-bond donors (Lipinski definition) is 0. The molecule has 0 aliphatic carbocycles. The SMILES string of the molecule is CCOC(=O)c1ccc(OCc2noc(-c3ccsc3)n2)cc1. The second-order valence-electron chi connectivity index (χ2n) is 4.56. The number of benzene rings is 1. The summed E-state index contributed by atoms with van der Waals surface area (Å²) in [6.45, 7) is 2.30. The molecule has 0 aliphatic heterocycles. The van der Waals surface area contributed by atoms with Crippen LogP contribution in [-0.2, 0) is 11.3 Å². The highest BCUT2D eigenvalue weighted by atomic mass is 32.1. The number of carbonyl (C=O) groups is 1. The molecule has 0 N–H and O–H groups in total. The van der Waals surface area contributed by atoms with Gasteiger partial charge in [-0.2, -0.15) is 16.3 Å². The van der Waals surface area contributed by atoms with E-state index in [2.05, 4.69) is 10.1 Å². The second kappa shape index (κ2) is 7.06. The van der Waals surface area contributed by atoms with Gasteiger partial charge in [0.1, 0.15) is 5.75 Å². The Hall–Kier alpha value is -2.67. The highest BCUT2D eigenvalue weighted by Crippen LogP contribution is 2.20. The normalized spacial score (nSPS) is 10.5. The van der Waals surface area contributed by atoms with E-state index in [-0.39, 0.29) is 12.6 Å². The van der Waals surface area contributed by atoms with Crippen LogP contribution in [0.1, 0.15) is 23.1 Å². The van der Waals surface area contributed by atoms with Gasteiger partial charge < -0.3 is 14.0 Å². The van der Waals surface area contributed by atoms with Gasteiger partial charge in [-0.1, -0.05) is 5.16 Å². The Bertz CT molecular complexity index is 766. The minimum Gasteiger partial charge on any atom is -0.485 e. The average Bonchev–Trinajstić information content (AvgIpc) is 3.25. The molecule has 0 amide bonds. The molecule has 0 bridgehead atoms. The van der Waals surface area contributed by atoms with Crippen molar-refractivity contribution in [1.82, 2.24) is 10.1 Å². The van der Waals surface area contributed by atoms with Crippen molar-refractivity contribution >= 4 is 17.3 Å². The first-order chi connectivity index (χ1) is 11.3. The molecule has 2 heterocycles. The maximum atomic E-state index is 11.6. The van der Waals surface area contributed by atoms with Crippen molar-refractivity contribution in [2.45, 2.75) is 13.5 Å². The quantitative estimate of drug-likeness (QED) is 0.643. The Balaban J connectivity index is 1.59. The van der Waals surface area contributed by atoms with Gasteiger partial charge in [0.05, 0.1) is 17.7 Å². The molecule has 118 valence electrons. The number of esters is 1. The molecule has 0 spiro atoms. The van der Waals surface area contributed by atoms with E-state index in [0.717, 1.165) is 5.56 Å². The minimum atomic E-state index is -0.349. The van der Waals surface area contributed by atoms with Gasteiger partial charge in [-0.15, -0.1) is 0 Å². The molecular weight excluding hydrogens is 316 g/mol. The number of nitrogens with zero attached hydrogens (tertiary/aromatic N) is 2. The molecule has 3 aromatic rings. The van der Waals surface area contributed by atoms with Crippen LogP contribution in [0.15, 0.2) is 45.6 Å². The third-order valence-electron chi connectivity index (χ3n) is 2.97. The van der Waals surface area contributed by atoms with E-state index in [9.17, 15) is 4.79 Å². The molecule has 0 unspecified atom stereocenters. The van der Waals surface area contributed by atoms with E-state index < -0.39 is 0 Å². The number of hydrogen-bond acceptors (Lipinski definition) is 7. The number of carbonyl (C=O) groups excluding carboxylic acids is 1. The van der Waals surface area contributed by atoms with Crippen LogP contribution in [0.4, 0.5) is 0 Å². The molecule has 0 atom stereocenters. The molecular formula is C16H14N2O4S. The van der Waals surface area contributed by atoms with Crippen molar-refractivity contribution in [3.8, 4) is 17.2 Å². The van der Waals surface area contributed by atoms with Crippen LogP contribution in [0.2, 0.25) is 0 Å². The minimum absolute atomic E-state index is 0.187. The van der Waals surface area contributed by atoms with Crippen molar-refractivity contribution in [3.05, 3.63) is 52.5 Å². The number of rotatable bonds is 6. The highest BCUT2D eigenvalue weighted by molar-refractivity contribution is 7.08. The Kier molecular flexibility index (Phi) is 4.68. The maximum Gasteiger partial charge on any atom is 0.338 e. The Labute approximate surface area is 136 Å². The van der Waals surface area contributed by atoms with Crippen molar-refractivity contribution in [2.75, 3.05) is 6.61 Å². The van der Waals surface area contributed by atoms with Gasteiger partial charge in [-0.25, -0.2) is 4.79 Å². The smallest absolute Gasteiger partial charge is 0.338 e. The van der Waals surface area contributed by atoms with Gasteiger partial charge in [0, 0.05) is 5.38 Å². The Morgan fingerprint density at radius 3 is 2.78 bits per heavy atom. The summed E-state index contributed by atoms with van der Waals surface area (Å²) in [6, 6.07) is 8.62. The zero-order chi connectivity index (χ0) is 16.1.